The van der Waals surface area contributed by atoms with Gasteiger partial charge in [0, 0.05) is 42.9 Å². The highest BCUT2D eigenvalue weighted by molar-refractivity contribution is 5.94. The first-order chi connectivity index (χ1) is 9.97. The van der Waals surface area contributed by atoms with Crippen molar-refractivity contribution in [1.82, 2.24) is 15.2 Å². The maximum Gasteiger partial charge on any atom is 0.254 e. The fourth-order valence-electron chi connectivity index (χ4n) is 2.31. The molecule has 1 aromatic heterocycles. The maximum absolute atomic E-state index is 13.0. The van der Waals surface area contributed by atoms with E-state index in [-0.39, 0.29) is 23.8 Å². The molecule has 1 aromatic rings. The summed E-state index contributed by atoms with van der Waals surface area (Å²) in [6.45, 7) is 4.83. The van der Waals surface area contributed by atoms with E-state index < -0.39 is 5.95 Å². The second-order valence-corrected chi connectivity index (χ2v) is 5.60. The van der Waals surface area contributed by atoms with Gasteiger partial charge in [-0.05, 0) is 18.9 Å². The number of amides is 2. The number of likely N-dealkylation sites (tertiary alicyclic amines) is 1. The van der Waals surface area contributed by atoms with Gasteiger partial charge in [0.05, 0.1) is 0 Å². The molecule has 114 valence electrons. The number of rotatable bonds is 3. The van der Waals surface area contributed by atoms with Crippen LogP contribution in [0.5, 0.6) is 0 Å². The van der Waals surface area contributed by atoms with Crippen LogP contribution in [0.1, 0.15) is 37.0 Å². The first-order valence-corrected chi connectivity index (χ1v) is 7.18. The second kappa shape index (κ2) is 6.65. The lowest BCUT2D eigenvalue weighted by molar-refractivity contribution is -0.124. The number of nitrogens with one attached hydrogen (secondary N) is 1. The summed E-state index contributed by atoms with van der Waals surface area (Å²) in [4.78, 5) is 29.0. The lowest BCUT2D eigenvalue weighted by Gasteiger charge is -2.32. The Hall–Kier alpha value is -1.98. The molecule has 1 fully saturated rings. The van der Waals surface area contributed by atoms with Crippen LogP contribution < -0.4 is 5.32 Å². The van der Waals surface area contributed by atoms with Crippen LogP contribution >= 0.6 is 0 Å². The van der Waals surface area contributed by atoms with Gasteiger partial charge >= 0.3 is 0 Å². The van der Waals surface area contributed by atoms with Crippen LogP contribution in [0.2, 0.25) is 0 Å². The molecule has 0 unspecified atom stereocenters. The summed E-state index contributed by atoms with van der Waals surface area (Å²) < 4.78 is 13.0. The number of carbonyl (C=O) groups is 2. The van der Waals surface area contributed by atoms with E-state index in [1.165, 1.54) is 12.3 Å². The van der Waals surface area contributed by atoms with Crippen LogP contribution in [-0.2, 0) is 4.79 Å². The number of halogens is 1. The Labute approximate surface area is 123 Å². The molecule has 21 heavy (non-hydrogen) atoms. The molecule has 5 nitrogen and oxygen atoms in total. The van der Waals surface area contributed by atoms with Crippen molar-refractivity contribution in [1.29, 1.82) is 0 Å². The van der Waals surface area contributed by atoms with Crippen molar-refractivity contribution < 1.29 is 14.0 Å². The molecule has 2 heterocycles. The molecule has 1 aliphatic rings. The first kappa shape index (κ1) is 15.4. The van der Waals surface area contributed by atoms with E-state index in [0.29, 0.717) is 18.7 Å². The fraction of sp³-hybridized carbons (Fsp3) is 0.533. The molecule has 0 radical (unpaired) electrons. The number of piperidine rings is 1. The summed E-state index contributed by atoms with van der Waals surface area (Å²) >= 11 is 0. The van der Waals surface area contributed by atoms with Gasteiger partial charge in [0.25, 0.3) is 5.91 Å². The van der Waals surface area contributed by atoms with E-state index in [1.54, 1.807) is 4.90 Å². The van der Waals surface area contributed by atoms with Crippen molar-refractivity contribution in [2.75, 3.05) is 13.1 Å². The Morgan fingerprint density at radius 2 is 2.05 bits per heavy atom. The van der Waals surface area contributed by atoms with Gasteiger partial charge in [0.15, 0.2) is 0 Å². The summed E-state index contributed by atoms with van der Waals surface area (Å²) in [7, 11) is 0. The predicted molar refractivity (Wildman–Crippen MR) is 76.1 cm³/mol. The number of hydrogen-bond acceptors (Lipinski definition) is 3. The Balaban J connectivity index is 1.89. The monoisotopic (exact) mass is 293 g/mol. The number of carbonyl (C=O) groups excluding carboxylic acids is 2. The number of hydrogen-bond donors (Lipinski definition) is 1. The van der Waals surface area contributed by atoms with E-state index in [2.05, 4.69) is 10.3 Å². The average Bonchev–Trinajstić information content (AvgIpc) is 2.47. The quantitative estimate of drug-likeness (QED) is 0.861. The third-order valence-electron chi connectivity index (χ3n) is 3.63. The molecule has 0 saturated carbocycles. The van der Waals surface area contributed by atoms with Crippen LogP contribution in [0, 0.1) is 11.9 Å². The predicted octanol–water partition coefficient (Wildman–Crippen LogP) is 1.60. The van der Waals surface area contributed by atoms with Gasteiger partial charge in [0.1, 0.15) is 0 Å². The van der Waals surface area contributed by atoms with Gasteiger partial charge in [-0.1, -0.05) is 13.8 Å². The Kier molecular flexibility index (Phi) is 4.88. The minimum Gasteiger partial charge on any atom is -0.353 e. The summed E-state index contributed by atoms with van der Waals surface area (Å²) in [6, 6.07) is 2.77. The summed E-state index contributed by atoms with van der Waals surface area (Å²) in [5.41, 5.74) is 0.312. The molecule has 2 rings (SSSR count). The zero-order valence-electron chi connectivity index (χ0n) is 12.3. The zero-order valence-corrected chi connectivity index (χ0v) is 12.3. The van der Waals surface area contributed by atoms with E-state index in [4.69, 9.17) is 0 Å². The summed E-state index contributed by atoms with van der Waals surface area (Å²) in [6.07, 6.45) is 2.73. The zero-order chi connectivity index (χ0) is 15.4. The van der Waals surface area contributed by atoms with E-state index in [1.807, 2.05) is 13.8 Å². The number of nitrogens with zero attached hydrogens (tertiary/aromatic N) is 2. The molecule has 0 aliphatic carbocycles. The lowest BCUT2D eigenvalue weighted by Crippen LogP contribution is -2.47. The third kappa shape index (κ3) is 4.00. The topological polar surface area (TPSA) is 62.3 Å². The maximum atomic E-state index is 13.0. The molecule has 0 bridgehead atoms. The molecular formula is C15H20FN3O2. The van der Waals surface area contributed by atoms with Crippen molar-refractivity contribution in [3.05, 3.63) is 29.8 Å². The highest BCUT2D eigenvalue weighted by Crippen LogP contribution is 2.14. The van der Waals surface area contributed by atoms with Gasteiger partial charge in [-0.3, -0.25) is 9.59 Å². The minimum absolute atomic E-state index is 0.0375. The van der Waals surface area contributed by atoms with Crippen molar-refractivity contribution in [3.8, 4) is 0 Å². The van der Waals surface area contributed by atoms with Crippen molar-refractivity contribution in [2.24, 2.45) is 5.92 Å². The molecular weight excluding hydrogens is 273 g/mol. The number of pyridine rings is 1. The highest BCUT2D eigenvalue weighted by Gasteiger charge is 2.25. The van der Waals surface area contributed by atoms with Crippen LogP contribution in [0.3, 0.4) is 0 Å². The van der Waals surface area contributed by atoms with Crippen molar-refractivity contribution >= 4 is 11.8 Å². The van der Waals surface area contributed by atoms with Crippen LogP contribution in [0.4, 0.5) is 4.39 Å². The molecule has 0 aromatic carbocycles. The van der Waals surface area contributed by atoms with Gasteiger partial charge in [0.2, 0.25) is 11.9 Å². The standard InChI is InChI=1S/C15H20FN3O2/c1-10(2)14(20)18-12-4-7-19(8-5-12)15(21)11-3-6-17-13(16)9-11/h3,6,9-10,12H,4-5,7-8H2,1-2H3,(H,18,20). The molecule has 2 amide bonds. The van der Waals surface area contributed by atoms with Crippen LogP contribution in [0.15, 0.2) is 18.3 Å². The molecule has 0 spiro atoms. The van der Waals surface area contributed by atoms with E-state index >= 15 is 0 Å². The smallest absolute Gasteiger partial charge is 0.254 e. The molecule has 6 heteroatoms. The van der Waals surface area contributed by atoms with Crippen LogP contribution in [0.25, 0.3) is 0 Å². The van der Waals surface area contributed by atoms with Gasteiger partial charge in [-0.15, -0.1) is 0 Å². The molecule has 1 aliphatic heterocycles. The molecule has 1 saturated heterocycles. The first-order valence-electron chi connectivity index (χ1n) is 7.18. The van der Waals surface area contributed by atoms with Crippen LogP contribution in [-0.4, -0.2) is 40.8 Å². The van der Waals surface area contributed by atoms with E-state index in [0.717, 1.165) is 18.9 Å². The Morgan fingerprint density at radius 1 is 1.38 bits per heavy atom. The van der Waals surface area contributed by atoms with Gasteiger partial charge in [-0.2, -0.15) is 4.39 Å². The lowest BCUT2D eigenvalue weighted by atomic mass is 10.0. The number of aromatic nitrogens is 1. The van der Waals surface area contributed by atoms with Gasteiger partial charge < -0.3 is 10.2 Å². The van der Waals surface area contributed by atoms with Crippen molar-refractivity contribution in [3.63, 3.8) is 0 Å². The second-order valence-electron chi connectivity index (χ2n) is 5.60. The normalized spacial score (nSPS) is 16.1. The Bertz CT molecular complexity index is 525. The van der Waals surface area contributed by atoms with Crippen molar-refractivity contribution in [2.45, 2.75) is 32.7 Å². The summed E-state index contributed by atoms with van der Waals surface area (Å²) in [5.74, 6) is -0.842. The molecule has 1 N–H and O–H groups in total. The SMILES string of the molecule is CC(C)C(=O)NC1CCN(C(=O)c2ccnc(F)c2)CC1. The average molecular weight is 293 g/mol. The Morgan fingerprint density at radius 3 is 2.62 bits per heavy atom. The fourth-order valence-corrected chi connectivity index (χ4v) is 2.31. The highest BCUT2D eigenvalue weighted by atomic mass is 19.1. The van der Waals surface area contributed by atoms with Gasteiger partial charge in [-0.25, -0.2) is 4.98 Å². The molecule has 0 atom stereocenters. The van der Waals surface area contributed by atoms with E-state index in [9.17, 15) is 14.0 Å². The minimum atomic E-state index is -0.653. The largest absolute Gasteiger partial charge is 0.353 e. The third-order valence-corrected chi connectivity index (χ3v) is 3.63. The summed E-state index contributed by atoms with van der Waals surface area (Å²) in [5, 5.41) is 2.98.